The number of fused-ring (bicyclic) bond motifs is 6. The van der Waals surface area contributed by atoms with E-state index in [2.05, 4.69) is 10.6 Å². The molecule has 0 radical (unpaired) electrons. The predicted molar refractivity (Wildman–Crippen MR) is 163 cm³/mol. The minimum absolute atomic E-state index is 0.0693. The second-order valence-electron chi connectivity index (χ2n) is 11.8. The second-order valence-corrected chi connectivity index (χ2v) is 11.8. The van der Waals surface area contributed by atoms with Crippen molar-refractivity contribution in [3.05, 3.63) is 76.0 Å². The summed E-state index contributed by atoms with van der Waals surface area (Å²) in [5, 5.41) is 5.77. The first-order valence-corrected chi connectivity index (χ1v) is 15.4. The summed E-state index contributed by atoms with van der Waals surface area (Å²) in [7, 11) is 1.49. The highest BCUT2D eigenvalue weighted by Gasteiger charge is 2.38. The quantitative estimate of drug-likeness (QED) is 0.437. The number of methoxy groups -OCH3 is 1. The number of ketones is 1. The fraction of sp³-hybridized carbons (Fsp3) is 0.412. The number of nitrogens with zero attached hydrogens (tertiary/aromatic N) is 1. The number of ether oxygens (including phenoxy) is 3. The molecular formula is C34H36FN3O8. The fourth-order valence-corrected chi connectivity index (χ4v) is 6.31. The van der Waals surface area contributed by atoms with Crippen molar-refractivity contribution in [1.82, 2.24) is 15.5 Å². The van der Waals surface area contributed by atoms with Gasteiger partial charge < -0.3 is 34.2 Å². The van der Waals surface area contributed by atoms with E-state index in [9.17, 15) is 23.6 Å². The van der Waals surface area contributed by atoms with Crippen LogP contribution in [0.5, 0.6) is 17.2 Å². The van der Waals surface area contributed by atoms with Crippen molar-refractivity contribution >= 4 is 23.5 Å². The van der Waals surface area contributed by atoms with Crippen molar-refractivity contribution in [2.45, 2.75) is 64.1 Å². The first-order chi connectivity index (χ1) is 22.2. The van der Waals surface area contributed by atoms with Gasteiger partial charge >= 0.3 is 0 Å². The molecule has 3 aromatic rings. The molecule has 4 bridgehead atoms. The standard InChI is InChI=1S/C34H36FN3O8/c1-19-32(33-25(39)4-3-5-28(33)45-19)34(42)38-11-10-26-24(17-38)37-31(41)18-44-29-14-20(6-8-27(29)43-2)7-9-30(40)36-16-21-12-22(35)15-23(13-21)46-26/h6,8,12-15,24,26H,3-5,7,9-11,16-18H2,1-2H3,(H,36,40)(H,37,41)/t24-,26-/m1/s1. The molecule has 2 aliphatic heterocycles. The van der Waals surface area contributed by atoms with Crippen LogP contribution < -0.4 is 24.8 Å². The summed E-state index contributed by atoms with van der Waals surface area (Å²) in [4.78, 5) is 54.1. The van der Waals surface area contributed by atoms with Crippen LogP contribution in [0.2, 0.25) is 0 Å². The summed E-state index contributed by atoms with van der Waals surface area (Å²) < 4.78 is 38.0. The lowest BCUT2D eigenvalue weighted by Gasteiger charge is -2.39. The first kappa shape index (κ1) is 31.1. The largest absolute Gasteiger partial charge is 0.493 e. The molecule has 12 heteroatoms. The van der Waals surface area contributed by atoms with Crippen LogP contribution in [0, 0.1) is 12.7 Å². The van der Waals surface area contributed by atoms with Crippen molar-refractivity contribution < 1.29 is 42.2 Å². The van der Waals surface area contributed by atoms with Crippen LogP contribution >= 0.6 is 0 Å². The zero-order valence-corrected chi connectivity index (χ0v) is 25.8. The number of hydrogen-bond donors (Lipinski definition) is 2. The second kappa shape index (κ2) is 13.2. The van der Waals surface area contributed by atoms with Gasteiger partial charge in [-0.15, -0.1) is 0 Å². The molecule has 11 nitrogen and oxygen atoms in total. The van der Waals surface area contributed by atoms with E-state index in [0.717, 1.165) is 5.56 Å². The molecule has 2 atom stereocenters. The van der Waals surface area contributed by atoms with Gasteiger partial charge in [-0.05, 0) is 55.2 Å². The predicted octanol–water partition coefficient (Wildman–Crippen LogP) is 3.67. The van der Waals surface area contributed by atoms with E-state index in [-0.39, 0.29) is 61.6 Å². The Morgan fingerprint density at radius 2 is 1.87 bits per heavy atom. The number of nitrogens with one attached hydrogen (secondary N) is 2. The Morgan fingerprint density at radius 1 is 1.02 bits per heavy atom. The van der Waals surface area contributed by atoms with E-state index in [1.54, 1.807) is 30.0 Å². The van der Waals surface area contributed by atoms with Gasteiger partial charge in [0.2, 0.25) is 5.91 Å². The third-order valence-electron chi connectivity index (χ3n) is 8.58. The molecule has 242 valence electrons. The average Bonchev–Trinajstić information content (AvgIpc) is 3.38. The monoisotopic (exact) mass is 633 g/mol. The van der Waals surface area contributed by atoms with Crippen LogP contribution in [0.25, 0.3) is 0 Å². The van der Waals surface area contributed by atoms with Gasteiger partial charge in [0.1, 0.15) is 29.2 Å². The molecule has 2 aromatic carbocycles. The van der Waals surface area contributed by atoms with Gasteiger partial charge in [-0.3, -0.25) is 19.2 Å². The Hall–Kier alpha value is -4.87. The Morgan fingerprint density at radius 3 is 2.70 bits per heavy atom. The summed E-state index contributed by atoms with van der Waals surface area (Å²) in [6, 6.07) is 8.77. The number of amides is 3. The van der Waals surface area contributed by atoms with E-state index in [1.807, 2.05) is 6.07 Å². The first-order valence-electron chi connectivity index (χ1n) is 15.4. The topological polar surface area (TPSA) is 136 Å². The average molecular weight is 634 g/mol. The number of piperidine rings is 1. The van der Waals surface area contributed by atoms with E-state index in [0.29, 0.717) is 66.3 Å². The highest BCUT2D eigenvalue weighted by atomic mass is 19.1. The number of hydrogen-bond acceptors (Lipinski definition) is 8. The van der Waals surface area contributed by atoms with Crippen LogP contribution in [0.1, 0.15) is 69.0 Å². The van der Waals surface area contributed by atoms with Crippen LogP contribution in [0.3, 0.4) is 0 Å². The van der Waals surface area contributed by atoms with Crippen molar-refractivity contribution in [3.63, 3.8) is 0 Å². The van der Waals surface area contributed by atoms with Crippen LogP contribution in [-0.2, 0) is 29.0 Å². The minimum Gasteiger partial charge on any atom is -0.493 e. The smallest absolute Gasteiger partial charge is 0.258 e. The maximum absolute atomic E-state index is 14.7. The Bertz CT molecular complexity index is 1680. The maximum Gasteiger partial charge on any atom is 0.258 e. The molecule has 1 fully saturated rings. The number of carbonyl (C=O) groups is 4. The van der Waals surface area contributed by atoms with Crippen molar-refractivity contribution in [2.75, 3.05) is 26.8 Å². The molecule has 46 heavy (non-hydrogen) atoms. The van der Waals surface area contributed by atoms with Gasteiger partial charge in [-0.25, -0.2) is 4.39 Å². The third-order valence-corrected chi connectivity index (χ3v) is 8.58. The molecule has 6 rings (SSSR count). The molecule has 1 aliphatic carbocycles. The number of benzene rings is 2. The van der Waals surface area contributed by atoms with E-state index in [1.165, 1.54) is 19.2 Å². The number of rotatable bonds is 2. The number of furan rings is 1. The molecular weight excluding hydrogens is 597 g/mol. The molecule has 1 saturated heterocycles. The summed E-state index contributed by atoms with van der Waals surface area (Å²) in [6.45, 7) is 1.76. The summed E-state index contributed by atoms with van der Waals surface area (Å²) in [5.41, 5.74) is 1.94. The maximum atomic E-state index is 14.7. The Kier molecular flexibility index (Phi) is 8.96. The van der Waals surface area contributed by atoms with Crippen molar-refractivity contribution in [3.8, 4) is 17.2 Å². The normalized spacial score (nSPS) is 20.5. The lowest BCUT2D eigenvalue weighted by molar-refractivity contribution is -0.125. The molecule has 0 saturated carbocycles. The number of likely N-dealkylation sites (tertiary alicyclic amines) is 1. The molecule has 3 heterocycles. The van der Waals surface area contributed by atoms with Crippen LogP contribution in [0.15, 0.2) is 40.8 Å². The van der Waals surface area contributed by atoms with Gasteiger partial charge in [0, 0.05) is 51.4 Å². The lowest BCUT2D eigenvalue weighted by atomic mass is 9.92. The van der Waals surface area contributed by atoms with Gasteiger partial charge in [0.15, 0.2) is 23.9 Å². The van der Waals surface area contributed by atoms with Crippen LogP contribution in [-0.4, -0.2) is 67.4 Å². The number of aryl methyl sites for hydroxylation is 3. The van der Waals surface area contributed by atoms with E-state index in [4.69, 9.17) is 18.6 Å². The van der Waals surface area contributed by atoms with E-state index >= 15 is 0 Å². The minimum atomic E-state index is -0.703. The Labute approximate surface area is 265 Å². The molecule has 2 N–H and O–H groups in total. The highest BCUT2D eigenvalue weighted by Crippen LogP contribution is 2.32. The van der Waals surface area contributed by atoms with Gasteiger partial charge in [0.25, 0.3) is 11.8 Å². The number of carbonyl (C=O) groups excluding carboxylic acids is 4. The van der Waals surface area contributed by atoms with Gasteiger partial charge in [-0.2, -0.15) is 0 Å². The summed E-state index contributed by atoms with van der Waals surface area (Å²) in [5.74, 6) is 0.261. The third kappa shape index (κ3) is 6.70. The molecule has 0 spiro atoms. The van der Waals surface area contributed by atoms with Crippen LogP contribution in [0.4, 0.5) is 4.39 Å². The molecule has 0 unspecified atom stereocenters. The summed E-state index contributed by atoms with van der Waals surface area (Å²) >= 11 is 0. The number of halogens is 1. The summed E-state index contributed by atoms with van der Waals surface area (Å²) in [6.07, 6.45) is 1.91. The zero-order valence-electron chi connectivity index (χ0n) is 25.8. The zero-order chi connectivity index (χ0) is 32.4. The molecule has 1 aromatic heterocycles. The fourth-order valence-electron chi connectivity index (χ4n) is 6.31. The lowest BCUT2D eigenvalue weighted by Crippen LogP contribution is -2.58. The molecule has 3 aliphatic rings. The van der Waals surface area contributed by atoms with E-state index < -0.39 is 23.9 Å². The van der Waals surface area contributed by atoms with Gasteiger partial charge in [0.05, 0.1) is 24.3 Å². The Balaban J connectivity index is 1.28. The van der Waals surface area contributed by atoms with Crippen molar-refractivity contribution in [2.24, 2.45) is 0 Å². The van der Waals surface area contributed by atoms with Crippen molar-refractivity contribution in [1.29, 1.82) is 0 Å². The highest BCUT2D eigenvalue weighted by molar-refractivity contribution is 6.10. The molecule has 3 amide bonds. The number of Topliss-reactive ketones (excluding diaryl/α,β-unsaturated/α-hetero) is 1. The SMILES string of the molecule is COc1ccc2cc1OCC(=O)N[C@@H]1CN(C(=O)c3c(C)oc4c3C(=O)CCC4)CC[C@H]1Oc1cc(F)cc(c1)CNC(=O)CC2. The van der Waals surface area contributed by atoms with Gasteiger partial charge in [-0.1, -0.05) is 6.07 Å².